The lowest BCUT2D eigenvalue weighted by molar-refractivity contribution is -0.141. The molecule has 1 unspecified atom stereocenters. The van der Waals surface area contributed by atoms with Crippen molar-refractivity contribution >= 4 is 50.3 Å². The number of nitrogens with one attached hydrogen (secondary N) is 1. The van der Waals surface area contributed by atoms with Crippen LogP contribution in [0.1, 0.15) is 22.5 Å². The topological polar surface area (TPSA) is 170 Å². The van der Waals surface area contributed by atoms with Gasteiger partial charge in [0.2, 0.25) is 0 Å². The van der Waals surface area contributed by atoms with E-state index in [1.54, 1.807) is 0 Å². The number of amides is 1. The number of nitrogen functional groups attached to an aromatic ring is 1. The zero-order chi connectivity index (χ0) is 20.5. The van der Waals surface area contributed by atoms with Gasteiger partial charge < -0.3 is 27.6 Å². The minimum absolute atomic E-state index is 0.0433. The summed E-state index contributed by atoms with van der Waals surface area (Å²) in [5.74, 6) is -2.54. The Morgan fingerprint density at radius 2 is 1.96 bits per heavy atom. The minimum atomic E-state index is -4.81. The average molecular weight is 451 g/mol. The van der Waals surface area contributed by atoms with Crippen molar-refractivity contribution in [2.75, 3.05) is 17.6 Å². The average Bonchev–Trinajstić information content (AvgIpc) is 2.54. The number of carbonyl (C=O) groups is 2. The summed E-state index contributed by atoms with van der Waals surface area (Å²) in [5.41, 5.74) is 14.2. The summed E-state index contributed by atoms with van der Waals surface area (Å²) >= 11 is 2.85. The van der Waals surface area contributed by atoms with Crippen molar-refractivity contribution in [3.8, 4) is 0 Å². The van der Waals surface area contributed by atoms with Gasteiger partial charge in [-0.15, -0.1) is 0 Å². The van der Waals surface area contributed by atoms with Gasteiger partial charge in [-0.3, -0.25) is 9.59 Å². The van der Waals surface area contributed by atoms with E-state index in [2.05, 4.69) is 31.2 Å². The molecule has 8 N–H and O–H groups in total. The van der Waals surface area contributed by atoms with E-state index in [1.165, 1.54) is 0 Å². The van der Waals surface area contributed by atoms with Crippen LogP contribution in [0, 0.1) is 0 Å². The van der Waals surface area contributed by atoms with Crippen molar-refractivity contribution in [1.82, 2.24) is 9.97 Å². The van der Waals surface area contributed by atoms with Crippen molar-refractivity contribution in [2.24, 2.45) is 11.5 Å². The first-order valence-electron chi connectivity index (χ1n) is 7.32. The Morgan fingerprint density at radius 3 is 2.48 bits per heavy atom. The lowest BCUT2D eigenvalue weighted by Gasteiger charge is -2.17. The molecular weight excluding hydrogens is 437 g/mol. The molecule has 0 bridgehead atoms. The number of halogens is 4. The van der Waals surface area contributed by atoms with E-state index in [0.29, 0.717) is 0 Å². The molecule has 0 aliphatic rings. The Balaban J connectivity index is 2.61. The van der Waals surface area contributed by atoms with E-state index < -0.39 is 34.3 Å². The fraction of sp³-hybridized carbons (Fsp3) is 0.286. The van der Waals surface area contributed by atoms with Crippen LogP contribution < -0.4 is 22.5 Å². The van der Waals surface area contributed by atoms with Crippen LogP contribution in [0.3, 0.4) is 0 Å². The van der Waals surface area contributed by atoms with Crippen molar-refractivity contribution < 1.29 is 27.9 Å². The molecule has 2 aromatic heterocycles. The lowest BCUT2D eigenvalue weighted by atomic mass is 10.1. The number of anilines is 2. The number of fused-ring (bicyclic) bond motifs is 1. The first-order valence-corrected chi connectivity index (χ1v) is 8.11. The number of rotatable bonds is 6. The Labute approximate surface area is 158 Å². The first-order chi connectivity index (χ1) is 12.4. The number of carbonyl (C=O) groups excluding carboxylic acids is 1. The molecule has 9 nitrogen and oxygen atoms in total. The highest BCUT2D eigenvalue weighted by Gasteiger charge is 2.37. The molecule has 0 fully saturated rings. The molecule has 2 heterocycles. The zero-order valence-corrected chi connectivity index (χ0v) is 15.1. The summed E-state index contributed by atoms with van der Waals surface area (Å²) in [4.78, 5) is 29.4. The van der Waals surface area contributed by atoms with Crippen molar-refractivity contribution in [3.05, 3.63) is 21.8 Å². The number of hydrogen-bond acceptors (Lipinski definition) is 7. The fourth-order valence-corrected chi connectivity index (χ4v) is 2.88. The van der Waals surface area contributed by atoms with Gasteiger partial charge in [0.05, 0.1) is 15.7 Å². The summed E-state index contributed by atoms with van der Waals surface area (Å²) in [6.45, 7) is -0.0707. The van der Waals surface area contributed by atoms with Gasteiger partial charge in [0.1, 0.15) is 11.9 Å². The summed E-state index contributed by atoms with van der Waals surface area (Å²) in [6.07, 6.45) is -4.88. The number of nitrogens with zero attached hydrogens (tertiary/aromatic N) is 2. The van der Waals surface area contributed by atoms with Crippen molar-refractivity contribution in [1.29, 1.82) is 0 Å². The summed E-state index contributed by atoms with van der Waals surface area (Å²) in [6, 6.07) is -0.0430. The van der Waals surface area contributed by atoms with Crippen LogP contribution in [-0.2, 0) is 11.0 Å². The van der Waals surface area contributed by atoms with Gasteiger partial charge in [0.15, 0.2) is 11.3 Å². The van der Waals surface area contributed by atoms with Crippen LogP contribution in [0.2, 0.25) is 0 Å². The Bertz CT molecular complexity index is 921. The van der Waals surface area contributed by atoms with Crippen LogP contribution in [-0.4, -0.2) is 39.5 Å². The predicted octanol–water partition coefficient (Wildman–Crippen LogP) is 1.31. The molecule has 146 valence electrons. The van der Waals surface area contributed by atoms with Crippen molar-refractivity contribution in [2.45, 2.75) is 18.6 Å². The zero-order valence-electron chi connectivity index (χ0n) is 13.5. The second-order valence-electron chi connectivity index (χ2n) is 5.46. The molecule has 0 spiro atoms. The number of primary amides is 1. The van der Waals surface area contributed by atoms with E-state index >= 15 is 0 Å². The minimum Gasteiger partial charge on any atom is -0.480 e. The summed E-state index contributed by atoms with van der Waals surface area (Å²) in [5, 5.41) is 11.5. The molecule has 0 saturated heterocycles. The van der Waals surface area contributed by atoms with Gasteiger partial charge >= 0.3 is 12.1 Å². The predicted molar refractivity (Wildman–Crippen MR) is 93.9 cm³/mol. The van der Waals surface area contributed by atoms with Gasteiger partial charge in [0, 0.05) is 11.9 Å². The maximum atomic E-state index is 13.3. The van der Waals surface area contributed by atoms with Gasteiger partial charge in [0.25, 0.3) is 5.91 Å². The van der Waals surface area contributed by atoms with Crippen LogP contribution in [0.15, 0.2) is 10.5 Å². The molecule has 2 rings (SSSR count). The second kappa shape index (κ2) is 7.52. The number of hydrogen-bond donors (Lipinski definition) is 5. The maximum absolute atomic E-state index is 13.3. The van der Waals surface area contributed by atoms with Crippen LogP contribution in [0.4, 0.5) is 24.7 Å². The molecule has 2 aromatic rings. The number of pyridine rings is 2. The third-order valence-corrected chi connectivity index (χ3v) is 4.33. The quantitative estimate of drug-likeness (QED) is 0.438. The van der Waals surface area contributed by atoms with Gasteiger partial charge in [-0.25, -0.2) is 9.97 Å². The van der Waals surface area contributed by atoms with Crippen LogP contribution in [0.5, 0.6) is 0 Å². The fourth-order valence-electron chi connectivity index (χ4n) is 2.21. The van der Waals surface area contributed by atoms with Gasteiger partial charge in [-0.05, 0) is 28.4 Å². The Kier molecular flexibility index (Phi) is 5.75. The normalized spacial score (nSPS) is 12.8. The summed E-state index contributed by atoms with van der Waals surface area (Å²) < 4.78 is 39.4. The van der Waals surface area contributed by atoms with E-state index in [9.17, 15) is 22.8 Å². The smallest absolute Gasteiger partial charge is 0.434 e. The summed E-state index contributed by atoms with van der Waals surface area (Å²) in [7, 11) is 0. The highest BCUT2D eigenvalue weighted by Crippen LogP contribution is 2.41. The highest BCUT2D eigenvalue weighted by molar-refractivity contribution is 9.10. The highest BCUT2D eigenvalue weighted by atomic mass is 79.9. The first kappa shape index (κ1) is 20.6. The monoisotopic (exact) mass is 450 g/mol. The number of aliphatic carboxylic acids is 1. The number of carboxylic acids is 1. The van der Waals surface area contributed by atoms with Crippen LogP contribution >= 0.6 is 15.9 Å². The largest absolute Gasteiger partial charge is 0.480 e. The Hall–Kier alpha value is -2.67. The van der Waals surface area contributed by atoms with E-state index in [-0.39, 0.29) is 41.1 Å². The maximum Gasteiger partial charge on any atom is 0.434 e. The standard InChI is InChI=1S/C14H14BrF3N6O3/c15-7-8(22-2-1-6(19)13(26)27)4-3-5(11(21)25)10(20)24-12(4)23-9(7)14(16,17)18/h3,6H,1-2,19H2,(H2,21,25)(H,26,27)(H3,20,22,23,24). The van der Waals surface area contributed by atoms with E-state index in [0.717, 1.165) is 6.07 Å². The second-order valence-corrected chi connectivity index (χ2v) is 6.26. The molecular formula is C14H14BrF3N6O3. The molecule has 0 aliphatic heterocycles. The van der Waals surface area contributed by atoms with E-state index in [1.807, 2.05) is 0 Å². The van der Waals surface area contributed by atoms with Gasteiger partial charge in [-0.2, -0.15) is 13.2 Å². The number of nitrogens with two attached hydrogens (primary N) is 3. The molecule has 0 aromatic carbocycles. The van der Waals surface area contributed by atoms with E-state index in [4.69, 9.17) is 22.3 Å². The molecule has 0 saturated carbocycles. The molecule has 0 radical (unpaired) electrons. The SMILES string of the molecule is NC(=O)c1cc2c(NCCC(N)C(=O)O)c(Br)c(C(F)(F)F)nc2nc1N. The number of alkyl halides is 3. The molecule has 0 aliphatic carbocycles. The molecule has 13 heteroatoms. The molecule has 27 heavy (non-hydrogen) atoms. The third-order valence-electron chi connectivity index (χ3n) is 3.55. The molecule has 1 atom stereocenters. The van der Waals surface area contributed by atoms with Crippen molar-refractivity contribution in [3.63, 3.8) is 0 Å². The van der Waals surface area contributed by atoms with Gasteiger partial charge in [-0.1, -0.05) is 0 Å². The molecule has 1 amide bonds. The Morgan fingerprint density at radius 1 is 1.33 bits per heavy atom. The third kappa shape index (κ3) is 4.36. The number of aromatic nitrogens is 2. The number of carboxylic acid groups (broad SMARTS) is 1. The lowest BCUT2D eigenvalue weighted by Crippen LogP contribution is -2.32. The van der Waals surface area contributed by atoms with Crippen LogP contribution in [0.25, 0.3) is 11.0 Å².